The predicted octanol–water partition coefficient (Wildman–Crippen LogP) is 2.81. The Morgan fingerprint density at radius 1 is 0.950 bits per heavy atom. The van der Waals surface area contributed by atoms with E-state index >= 15 is 0 Å². The molecule has 0 aliphatic rings. The number of hydrogen-bond donors (Lipinski definition) is 0. The fourth-order valence-electron chi connectivity index (χ4n) is 2.45. The molecule has 0 amide bonds. The molecule has 0 spiro atoms. The first-order chi connectivity index (χ1) is 9.81. The maximum Gasteiger partial charge on any atom is 0.291 e. The Morgan fingerprint density at radius 2 is 1.45 bits per heavy atom. The molecule has 2 nitrogen and oxygen atoms in total. The molecule has 0 saturated heterocycles. The zero-order valence-corrected chi connectivity index (χ0v) is 13.8. The molecule has 2 aromatic rings. The van der Waals surface area contributed by atoms with Crippen molar-refractivity contribution in [3.05, 3.63) is 71.8 Å². The first-order valence-electron chi connectivity index (χ1n) is 6.98. The molecular formula is C17H20O2Si. The van der Waals surface area contributed by atoms with Crippen LogP contribution in [0, 0.1) is 0 Å². The summed E-state index contributed by atoms with van der Waals surface area (Å²) in [4.78, 5) is 11.3. The summed E-state index contributed by atoms with van der Waals surface area (Å²) in [7, 11) is 0.488. The molecule has 3 heteroatoms. The van der Waals surface area contributed by atoms with Crippen molar-refractivity contribution in [3.8, 4) is 0 Å². The summed E-state index contributed by atoms with van der Waals surface area (Å²) in [6.45, 7) is 0. The fraction of sp³-hybridized carbons (Fsp3) is 0.235. The molecule has 0 aliphatic heterocycles. The van der Waals surface area contributed by atoms with Crippen LogP contribution in [-0.4, -0.2) is 16.5 Å². The predicted molar refractivity (Wildman–Crippen MR) is 84.6 cm³/mol. The second-order valence-electron chi connectivity index (χ2n) is 4.84. The van der Waals surface area contributed by atoms with Crippen LogP contribution >= 0.6 is 0 Å². The summed E-state index contributed by atoms with van der Waals surface area (Å²) in [6, 6.07) is 21.0. The van der Waals surface area contributed by atoms with Crippen LogP contribution < -0.4 is 0 Å². The van der Waals surface area contributed by atoms with E-state index in [0.29, 0.717) is 22.8 Å². The SMILES string of the molecule is O=C(CCCC(c1ccccc1)c1ccccc1)O[SiH3]. The quantitative estimate of drug-likeness (QED) is 0.763. The first kappa shape index (κ1) is 14.5. The molecule has 0 unspecified atom stereocenters. The van der Waals surface area contributed by atoms with Crippen LogP contribution in [0.2, 0.25) is 0 Å². The van der Waals surface area contributed by atoms with Gasteiger partial charge in [-0.1, -0.05) is 60.7 Å². The molecule has 20 heavy (non-hydrogen) atoms. The minimum atomic E-state index is -0.0726. The zero-order chi connectivity index (χ0) is 14.2. The number of rotatable bonds is 6. The van der Waals surface area contributed by atoms with Crippen LogP contribution in [0.25, 0.3) is 0 Å². The molecule has 0 saturated carbocycles. The van der Waals surface area contributed by atoms with Gasteiger partial charge < -0.3 is 4.43 Å². The normalized spacial score (nSPS) is 10.7. The Labute approximate surface area is 123 Å². The summed E-state index contributed by atoms with van der Waals surface area (Å²) in [5, 5.41) is 0. The highest BCUT2D eigenvalue weighted by Gasteiger charge is 2.14. The highest BCUT2D eigenvalue weighted by atomic mass is 28.2. The third kappa shape index (κ3) is 4.07. The lowest BCUT2D eigenvalue weighted by Gasteiger charge is -2.17. The molecule has 2 aromatic carbocycles. The average molecular weight is 284 g/mol. The van der Waals surface area contributed by atoms with E-state index in [9.17, 15) is 4.79 Å². The molecule has 0 aliphatic carbocycles. The summed E-state index contributed by atoms with van der Waals surface area (Å²) in [5.41, 5.74) is 2.61. The second kappa shape index (κ2) is 7.65. The van der Waals surface area contributed by atoms with Gasteiger partial charge in [-0.3, -0.25) is 4.79 Å². The van der Waals surface area contributed by atoms with Crippen molar-refractivity contribution >= 4 is 16.5 Å². The molecule has 0 N–H and O–H groups in total. The lowest BCUT2D eigenvalue weighted by molar-refractivity contribution is -0.134. The standard InChI is InChI=1S/C17H20O2Si/c18-17(19-20)13-7-12-16(14-8-3-1-4-9-14)15-10-5-2-6-11-15/h1-6,8-11,16H,7,12-13H2,20H3. The third-order valence-corrected chi connectivity index (χ3v) is 3.96. The van der Waals surface area contributed by atoms with Crippen molar-refractivity contribution < 1.29 is 9.22 Å². The smallest absolute Gasteiger partial charge is 0.291 e. The topological polar surface area (TPSA) is 26.3 Å². The van der Waals surface area contributed by atoms with Crippen molar-refractivity contribution in [3.63, 3.8) is 0 Å². The van der Waals surface area contributed by atoms with Gasteiger partial charge in [0, 0.05) is 12.3 Å². The van der Waals surface area contributed by atoms with Gasteiger partial charge in [0.15, 0.2) is 0 Å². The van der Waals surface area contributed by atoms with Gasteiger partial charge in [-0.15, -0.1) is 0 Å². The highest BCUT2D eigenvalue weighted by molar-refractivity contribution is 6.05. The monoisotopic (exact) mass is 284 g/mol. The van der Waals surface area contributed by atoms with Gasteiger partial charge in [0.05, 0.1) is 0 Å². The maximum absolute atomic E-state index is 11.3. The van der Waals surface area contributed by atoms with E-state index in [-0.39, 0.29) is 5.97 Å². The van der Waals surface area contributed by atoms with Gasteiger partial charge in [0.25, 0.3) is 5.97 Å². The number of hydrogen-bond acceptors (Lipinski definition) is 2. The van der Waals surface area contributed by atoms with Gasteiger partial charge in [-0.05, 0) is 24.0 Å². The van der Waals surface area contributed by atoms with Crippen molar-refractivity contribution in [2.45, 2.75) is 25.2 Å². The first-order valence-corrected chi connectivity index (χ1v) is 7.79. The van der Waals surface area contributed by atoms with Crippen molar-refractivity contribution in [1.29, 1.82) is 0 Å². The second-order valence-corrected chi connectivity index (χ2v) is 5.25. The van der Waals surface area contributed by atoms with Crippen LogP contribution in [-0.2, 0) is 9.22 Å². The van der Waals surface area contributed by atoms with Gasteiger partial charge in [-0.25, -0.2) is 0 Å². The van der Waals surface area contributed by atoms with Crippen LogP contribution in [0.15, 0.2) is 60.7 Å². The van der Waals surface area contributed by atoms with Gasteiger partial charge in [0.1, 0.15) is 0 Å². The largest absolute Gasteiger partial charge is 0.529 e. The lowest BCUT2D eigenvalue weighted by atomic mass is 9.87. The van der Waals surface area contributed by atoms with E-state index in [2.05, 4.69) is 48.5 Å². The van der Waals surface area contributed by atoms with Crippen LogP contribution in [0.1, 0.15) is 36.3 Å². The Hall–Kier alpha value is -1.87. The number of carbonyl (C=O) groups is 1. The number of benzene rings is 2. The molecule has 0 bridgehead atoms. The molecule has 0 aromatic heterocycles. The third-order valence-electron chi connectivity index (χ3n) is 3.51. The van der Waals surface area contributed by atoms with E-state index in [1.165, 1.54) is 11.1 Å². The molecular weight excluding hydrogens is 264 g/mol. The van der Waals surface area contributed by atoms with Crippen molar-refractivity contribution in [2.24, 2.45) is 0 Å². The Morgan fingerprint density at radius 3 is 1.90 bits per heavy atom. The Bertz CT molecular complexity index is 486. The van der Waals surface area contributed by atoms with E-state index in [1.807, 2.05) is 12.1 Å². The van der Waals surface area contributed by atoms with Crippen LogP contribution in [0.4, 0.5) is 0 Å². The summed E-state index contributed by atoms with van der Waals surface area (Å²) in [5.74, 6) is 0.274. The van der Waals surface area contributed by atoms with Gasteiger partial charge in [0.2, 0.25) is 10.5 Å². The molecule has 0 atom stereocenters. The lowest BCUT2D eigenvalue weighted by Crippen LogP contribution is -2.05. The summed E-state index contributed by atoms with van der Waals surface area (Å²) >= 11 is 0. The molecule has 104 valence electrons. The van der Waals surface area contributed by atoms with Crippen LogP contribution in [0.5, 0.6) is 0 Å². The van der Waals surface area contributed by atoms with Gasteiger partial charge >= 0.3 is 0 Å². The Balaban J connectivity index is 2.11. The van der Waals surface area contributed by atoms with Crippen molar-refractivity contribution in [2.75, 3.05) is 0 Å². The maximum atomic E-state index is 11.3. The zero-order valence-electron chi connectivity index (χ0n) is 11.8. The fourth-order valence-corrected chi connectivity index (χ4v) is 2.65. The average Bonchev–Trinajstić information content (AvgIpc) is 2.53. The molecule has 0 radical (unpaired) electrons. The minimum Gasteiger partial charge on any atom is -0.529 e. The van der Waals surface area contributed by atoms with E-state index in [1.54, 1.807) is 0 Å². The Kier molecular flexibility index (Phi) is 5.56. The van der Waals surface area contributed by atoms with Gasteiger partial charge in [-0.2, -0.15) is 0 Å². The summed E-state index contributed by atoms with van der Waals surface area (Å²) in [6.07, 6.45) is 2.33. The van der Waals surface area contributed by atoms with Crippen molar-refractivity contribution in [1.82, 2.24) is 0 Å². The van der Waals surface area contributed by atoms with E-state index in [0.717, 1.165) is 12.8 Å². The molecule has 2 rings (SSSR count). The highest BCUT2D eigenvalue weighted by Crippen LogP contribution is 2.29. The van der Waals surface area contributed by atoms with Crippen LogP contribution in [0.3, 0.4) is 0 Å². The van der Waals surface area contributed by atoms with E-state index < -0.39 is 0 Å². The molecule has 0 heterocycles. The van der Waals surface area contributed by atoms with E-state index in [4.69, 9.17) is 4.43 Å². The minimum absolute atomic E-state index is 0.0726. The molecule has 0 fully saturated rings. The number of carbonyl (C=O) groups excluding carboxylic acids is 1. The summed E-state index contributed by atoms with van der Waals surface area (Å²) < 4.78 is 4.84.